The van der Waals surface area contributed by atoms with Gasteiger partial charge in [0.15, 0.2) is 0 Å². The Morgan fingerprint density at radius 3 is 2.81 bits per heavy atom. The number of rotatable bonds is 6. The van der Waals surface area contributed by atoms with Gasteiger partial charge in [-0.3, -0.25) is 14.7 Å². The first-order valence-electron chi connectivity index (χ1n) is 9.84. The average Bonchev–Trinajstić information content (AvgIpc) is 3.20. The van der Waals surface area contributed by atoms with Crippen molar-refractivity contribution in [1.82, 2.24) is 20.8 Å². The van der Waals surface area contributed by atoms with Crippen LogP contribution in [0.15, 0.2) is 53.9 Å². The number of amides is 3. The molecule has 0 saturated heterocycles. The Morgan fingerprint density at radius 2 is 2.03 bits per heavy atom. The van der Waals surface area contributed by atoms with Gasteiger partial charge in [-0.1, -0.05) is 12.1 Å². The van der Waals surface area contributed by atoms with Gasteiger partial charge in [0.25, 0.3) is 5.91 Å². The number of halogens is 1. The topological polar surface area (TPSA) is 136 Å². The van der Waals surface area contributed by atoms with Crippen molar-refractivity contribution >= 4 is 34.5 Å². The number of aryl methyl sites for hydroxylation is 1. The summed E-state index contributed by atoms with van der Waals surface area (Å²) in [4.78, 5) is 36.2. The number of fused-ring (bicyclic) bond motifs is 1. The van der Waals surface area contributed by atoms with Crippen molar-refractivity contribution in [2.75, 3.05) is 5.32 Å². The van der Waals surface area contributed by atoms with Crippen LogP contribution in [0.1, 0.15) is 30.5 Å². The lowest BCUT2D eigenvalue weighted by Gasteiger charge is -2.29. The number of hydrogen-bond acceptors (Lipinski definition) is 4. The quantitative estimate of drug-likeness (QED) is 0.404. The van der Waals surface area contributed by atoms with Gasteiger partial charge >= 0.3 is 12.0 Å². The van der Waals surface area contributed by atoms with Crippen LogP contribution in [-0.4, -0.2) is 33.2 Å². The number of carbonyl (C=O) groups is 3. The number of hydrogen-bond donors (Lipinski definition) is 5. The van der Waals surface area contributed by atoms with Crippen LogP contribution in [-0.2, 0) is 16.0 Å². The molecule has 9 nitrogen and oxygen atoms in total. The van der Waals surface area contributed by atoms with Gasteiger partial charge in [-0.05, 0) is 48.7 Å². The maximum absolute atomic E-state index is 14.2. The monoisotopic (exact) mass is 437 g/mol. The molecule has 4 rings (SSSR count). The van der Waals surface area contributed by atoms with E-state index in [9.17, 15) is 18.8 Å². The number of allylic oxidation sites excluding steroid dienone is 1. The number of anilines is 1. The van der Waals surface area contributed by atoms with Crippen LogP contribution in [0, 0.1) is 5.82 Å². The Balaban J connectivity index is 1.65. The number of carboxylic acid groups (broad SMARTS) is 1. The number of nitrogens with one attached hydrogen (secondary N) is 4. The lowest BCUT2D eigenvalue weighted by atomic mass is 9.92. The van der Waals surface area contributed by atoms with Gasteiger partial charge in [0.05, 0.1) is 23.3 Å². The van der Waals surface area contributed by atoms with E-state index in [0.29, 0.717) is 16.9 Å². The van der Waals surface area contributed by atoms with Crippen molar-refractivity contribution in [2.24, 2.45) is 0 Å². The zero-order chi connectivity index (χ0) is 22.8. The van der Waals surface area contributed by atoms with E-state index < -0.39 is 29.8 Å². The van der Waals surface area contributed by atoms with Crippen LogP contribution in [0.25, 0.3) is 10.9 Å². The summed E-state index contributed by atoms with van der Waals surface area (Å²) in [5.74, 6) is -2.04. The zero-order valence-corrected chi connectivity index (χ0v) is 17.0. The summed E-state index contributed by atoms with van der Waals surface area (Å²) in [5, 5.41) is 24.6. The molecule has 5 N–H and O–H groups in total. The molecule has 1 atom stereocenters. The summed E-state index contributed by atoms with van der Waals surface area (Å²) in [6, 6.07) is 8.08. The fourth-order valence-electron chi connectivity index (χ4n) is 3.67. The first-order valence-corrected chi connectivity index (χ1v) is 9.84. The molecule has 1 aliphatic rings. The molecule has 2 heterocycles. The smallest absolute Gasteiger partial charge is 0.319 e. The molecule has 32 heavy (non-hydrogen) atoms. The second-order valence-electron chi connectivity index (χ2n) is 7.44. The average molecular weight is 437 g/mol. The molecule has 164 valence electrons. The van der Waals surface area contributed by atoms with Gasteiger partial charge in [0.2, 0.25) is 0 Å². The van der Waals surface area contributed by atoms with E-state index in [2.05, 4.69) is 26.1 Å². The Kier molecular flexibility index (Phi) is 5.59. The number of aromatic amines is 1. The number of urea groups is 1. The summed E-state index contributed by atoms with van der Waals surface area (Å²) in [7, 11) is 0. The van der Waals surface area contributed by atoms with Gasteiger partial charge in [0.1, 0.15) is 5.82 Å². The van der Waals surface area contributed by atoms with E-state index in [4.69, 9.17) is 5.11 Å². The maximum atomic E-state index is 14.2. The molecule has 0 fully saturated rings. The number of benzene rings is 2. The van der Waals surface area contributed by atoms with Crippen molar-refractivity contribution in [3.63, 3.8) is 0 Å². The fraction of sp³-hybridized carbons (Fsp3) is 0.182. The van der Waals surface area contributed by atoms with Crippen LogP contribution in [0.3, 0.4) is 0 Å². The molecule has 0 saturated carbocycles. The second-order valence-corrected chi connectivity index (χ2v) is 7.44. The molecule has 0 bridgehead atoms. The van der Waals surface area contributed by atoms with Crippen LogP contribution in [0.5, 0.6) is 0 Å². The van der Waals surface area contributed by atoms with Crippen molar-refractivity contribution in [3.05, 3.63) is 70.8 Å². The minimum atomic E-state index is -1.05. The van der Waals surface area contributed by atoms with Crippen LogP contribution in [0.2, 0.25) is 0 Å². The van der Waals surface area contributed by atoms with Gasteiger partial charge in [0, 0.05) is 23.2 Å². The lowest BCUT2D eigenvalue weighted by molar-refractivity contribution is -0.137. The Labute approximate surface area is 181 Å². The van der Waals surface area contributed by atoms with E-state index in [0.717, 1.165) is 10.9 Å². The van der Waals surface area contributed by atoms with Crippen LogP contribution in [0.4, 0.5) is 14.9 Å². The van der Waals surface area contributed by atoms with Gasteiger partial charge in [-0.2, -0.15) is 5.10 Å². The number of H-pyrrole nitrogens is 1. The second kappa shape index (κ2) is 8.50. The molecule has 10 heteroatoms. The zero-order valence-electron chi connectivity index (χ0n) is 17.0. The normalized spacial score (nSPS) is 15.9. The lowest BCUT2D eigenvalue weighted by Crippen LogP contribution is -2.46. The summed E-state index contributed by atoms with van der Waals surface area (Å²) < 4.78 is 14.2. The number of carboxylic acids is 1. The van der Waals surface area contributed by atoms with Crippen molar-refractivity contribution in [1.29, 1.82) is 0 Å². The maximum Gasteiger partial charge on any atom is 0.319 e. The molecule has 1 unspecified atom stereocenters. The van der Waals surface area contributed by atoms with Crippen molar-refractivity contribution in [2.45, 2.75) is 25.8 Å². The summed E-state index contributed by atoms with van der Waals surface area (Å²) >= 11 is 0. The van der Waals surface area contributed by atoms with Gasteiger partial charge < -0.3 is 21.1 Å². The minimum Gasteiger partial charge on any atom is -0.481 e. The van der Waals surface area contributed by atoms with Gasteiger partial charge in [-0.25, -0.2) is 9.18 Å². The molecule has 0 aliphatic carbocycles. The summed E-state index contributed by atoms with van der Waals surface area (Å²) in [6.07, 6.45) is 1.39. The molecule has 0 spiro atoms. The molecular weight excluding hydrogens is 417 g/mol. The Hall–Kier alpha value is -4.21. The van der Waals surface area contributed by atoms with Crippen LogP contribution < -0.4 is 16.0 Å². The molecule has 3 aromatic rings. The minimum absolute atomic E-state index is 0.0110. The highest BCUT2D eigenvalue weighted by molar-refractivity contribution is 6.07. The molecular formula is C22H20FN5O4. The molecule has 0 radical (unpaired) electrons. The van der Waals surface area contributed by atoms with E-state index >= 15 is 0 Å². The molecule has 2 aromatic carbocycles. The third-order valence-electron chi connectivity index (χ3n) is 5.22. The number of nitrogens with zero attached hydrogens (tertiary/aromatic N) is 1. The largest absolute Gasteiger partial charge is 0.481 e. The third-order valence-corrected chi connectivity index (χ3v) is 5.22. The standard InChI is InChI=1S/C22H20FN5O4/c1-11-19(21(31)26-15-4-6-17-14(9-15)10-24-28-17)20(27-22(32)25-11)13-2-5-16(23)12(8-13)3-7-18(29)30/h2,4-6,8-10,20H,3,7H2,1H3,(H,24,28)(H,26,31)(H,29,30)(H2,25,27,32). The first-order chi connectivity index (χ1) is 15.3. The highest BCUT2D eigenvalue weighted by atomic mass is 19.1. The van der Waals surface area contributed by atoms with Crippen molar-refractivity contribution < 1.29 is 23.9 Å². The predicted octanol–water partition coefficient (Wildman–Crippen LogP) is 2.99. The molecule has 1 aliphatic heterocycles. The van der Waals surface area contributed by atoms with Gasteiger partial charge in [-0.15, -0.1) is 0 Å². The van der Waals surface area contributed by atoms with E-state index in [-0.39, 0.29) is 24.0 Å². The van der Waals surface area contributed by atoms with E-state index in [1.54, 1.807) is 31.3 Å². The number of aliphatic carboxylic acids is 1. The van der Waals surface area contributed by atoms with Crippen LogP contribution >= 0.6 is 0 Å². The third kappa shape index (κ3) is 4.29. The molecule has 3 amide bonds. The summed E-state index contributed by atoms with van der Waals surface area (Å²) in [5.41, 5.74) is 2.64. The van der Waals surface area contributed by atoms with E-state index in [1.807, 2.05) is 0 Å². The van der Waals surface area contributed by atoms with Crippen molar-refractivity contribution in [3.8, 4) is 0 Å². The predicted molar refractivity (Wildman–Crippen MR) is 114 cm³/mol. The Bertz CT molecular complexity index is 1270. The van der Waals surface area contributed by atoms with E-state index in [1.165, 1.54) is 18.2 Å². The fourth-order valence-corrected chi connectivity index (χ4v) is 3.67. The first kappa shape index (κ1) is 21.0. The Morgan fingerprint density at radius 1 is 1.22 bits per heavy atom. The number of aromatic nitrogens is 2. The highest BCUT2D eigenvalue weighted by Crippen LogP contribution is 2.29. The SMILES string of the molecule is CC1=C(C(=O)Nc2ccc3[nH]ncc3c2)C(c2ccc(F)c(CCC(=O)O)c2)NC(=O)N1. The number of carbonyl (C=O) groups excluding carboxylic acids is 2. The summed E-state index contributed by atoms with van der Waals surface area (Å²) in [6.45, 7) is 1.61. The molecule has 1 aromatic heterocycles. The highest BCUT2D eigenvalue weighted by Gasteiger charge is 2.31.